The molecule has 1 N–H and O–H groups in total. The largest absolute Gasteiger partial charge is 0.346 e. The van der Waals surface area contributed by atoms with Crippen molar-refractivity contribution >= 4 is 21.5 Å². The molecule has 0 aliphatic heterocycles. The molecule has 0 spiro atoms. The first-order chi connectivity index (χ1) is 7.43. The minimum atomic E-state index is -3.32. The van der Waals surface area contributed by atoms with Crippen LogP contribution >= 0.6 is 0 Å². The van der Waals surface area contributed by atoms with Crippen LogP contribution < -0.4 is 5.32 Å². The van der Waals surface area contributed by atoms with Gasteiger partial charge in [0, 0.05) is 17.1 Å². The van der Waals surface area contributed by atoms with Crippen molar-refractivity contribution in [2.45, 2.75) is 33.7 Å². The number of amides is 1. The Hall–Kier alpha value is -1.17. The fourth-order valence-corrected chi connectivity index (χ4v) is 1.20. The Morgan fingerprint density at radius 1 is 1.24 bits per heavy atom. The second-order valence-corrected chi connectivity index (χ2v) is 6.91. The number of nitrogens with one attached hydrogen (secondary N) is 1. The fraction of sp³-hybridized carbons (Fsp3) is 0.636. The number of rotatable bonds is 4. The lowest BCUT2D eigenvalue weighted by Gasteiger charge is -2.20. The molecule has 0 unspecified atom stereocenters. The molecular formula is C11H19NO4S. The van der Waals surface area contributed by atoms with Crippen LogP contribution in [0.15, 0.2) is 11.5 Å². The summed E-state index contributed by atoms with van der Waals surface area (Å²) in [4.78, 5) is 23.1. The minimum Gasteiger partial charge on any atom is -0.346 e. The van der Waals surface area contributed by atoms with Crippen LogP contribution in [-0.4, -0.2) is 32.4 Å². The number of sulfone groups is 1. The van der Waals surface area contributed by atoms with Crippen LogP contribution in [0.25, 0.3) is 0 Å². The maximum absolute atomic E-state index is 11.6. The summed E-state index contributed by atoms with van der Waals surface area (Å²) in [5, 5.41) is 3.35. The Balaban J connectivity index is 4.55. The monoisotopic (exact) mass is 261 g/mol. The van der Waals surface area contributed by atoms with Gasteiger partial charge in [0.15, 0.2) is 15.6 Å². The second kappa shape index (κ2) is 5.44. The van der Waals surface area contributed by atoms with E-state index in [0.29, 0.717) is 0 Å². The molecule has 6 heteroatoms. The van der Waals surface area contributed by atoms with E-state index in [0.717, 1.165) is 17.7 Å². The van der Waals surface area contributed by atoms with E-state index < -0.39 is 27.1 Å². The normalized spacial score (nSPS) is 14.6. The summed E-state index contributed by atoms with van der Waals surface area (Å²) in [5.41, 5.74) is -0.588. The SMILES string of the molecule is C[C@H](NC(=O)C(C)(C)C)C(=O)/C=C\S(C)(=O)=O. The molecule has 0 bridgehead atoms. The van der Waals surface area contributed by atoms with Crippen molar-refractivity contribution in [2.24, 2.45) is 5.41 Å². The molecule has 0 rings (SSSR count). The number of hydrogen-bond donors (Lipinski definition) is 1. The smallest absolute Gasteiger partial charge is 0.225 e. The summed E-state index contributed by atoms with van der Waals surface area (Å²) in [6, 6.07) is -0.736. The Labute approximate surface area is 102 Å². The Morgan fingerprint density at radius 3 is 2.06 bits per heavy atom. The minimum absolute atomic E-state index is 0.258. The lowest BCUT2D eigenvalue weighted by molar-refractivity contribution is -0.131. The average Bonchev–Trinajstić information content (AvgIpc) is 2.11. The highest BCUT2D eigenvalue weighted by atomic mass is 32.2. The zero-order valence-corrected chi connectivity index (χ0v) is 11.6. The van der Waals surface area contributed by atoms with Gasteiger partial charge >= 0.3 is 0 Å². The third-order valence-corrected chi connectivity index (χ3v) is 2.57. The molecule has 0 fully saturated rings. The van der Waals surface area contributed by atoms with Gasteiger partial charge in [0.2, 0.25) is 5.91 Å². The summed E-state index contributed by atoms with van der Waals surface area (Å²) in [6.45, 7) is 6.70. The zero-order valence-electron chi connectivity index (χ0n) is 10.8. The van der Waals surface area contributed by atoms with E-state index in [2.05, 4.69) is 5.32 Å². The van der Waals surface area contributed by atoms with Crippen molar-refractivity contribution in [1.29, 1.82) is 0 Å². The molecule has 0 aliphatic carbocycles. The van der Waals surface area contributed by atoms with E-state index in [4.69, 9.17) is 0 Å². The molecule has 1 atom stereocenters. The highest BCUT2D eigenvalue weighted by molar-refractivity contribution is 7.93. The van der Waals surface area contributed by atoms with E-state index >= 15 is 0 Å². The Kier molecular flexibility index (Phi) is 5.07. The molecule has 0 heterocycles. The molecule has 0 aromatic rings. The quantitative estimate of drug-likeness (QED) is 0.754. The van der Waals surface area contributed by atoms with Gasteiger partial charge in [0.1, 0.15) is 0 Å². The van der Waals surface area contributed by atoms with E-state index in [9.17, 15) is 18.0 Å². The molecule has 17 heavy (non-hydrogen) atoms. The van der Waals surface area contributed by atoms with E-state index in [1.807, 2.05) is 0 Å². The van der Waals surface area contributed by atoms with Crippen LogP contribution in [-0.2, 0) is 19.4 Å². The molecule has 0 saturated heterocycles. The second-order valence-electron chi connectivity index (χ2n) is 4.98. The summed E-state index contributed by atoms with van der Waals surface area (Å²) >= 11 is 0. The van der Waals surface area contributed by atoms with Crippen molar-refractivity contribution in [1.82, 2.24) is 5.32 Å². The van der Waals surface area contributed by atoms with Gasteiger partial charge in [-0.15, -0.1) is 0 Å². The van der Waals surface area contributed by atoms with E-state index in [1.54, 1.807) is 20.8 Å². The van der Waals surface area contributed by atoms with Crippen LogP contribution in [0.1, 0.15) is 27.7 Å². The molecule has 5 nitrogen and oxygen atoms in total. The summed E-state index contributed by atoms with van der Waals surface area (Å²) in [6.07, 6.45) is 1.96. The van der Waals surface area contributed by atoms with Crippen LogP contribution in [0.3, 0.4) is 0 Å². The highest BCUT2D eigenvalue weighted by Gasteiger charge is 2.24. The topological polar surface area (TPSA) is 80.3 Å². The Bertz CT molecular complexity index is 429. The first-order valence-corrected chi connectivity index (χ1v) is 7.12. The highest BCUT2D eigenvalue weighted by Crippen LogP contribution is 2.12. The third kappa shape index (κ3) is 6.88. The van der Waals surface area contributed by atoms with Gasteiger partial charge in [0.05, 0.1) is 6.04 Å². The number of carbonyl (C=O) groups is 2. The standard InChI is InChI=1S/C11H19NO4S/c1-8(12-10(14)11(2,3)4)9(13)6-7-17(5,15)16/h6-8H,1-5H3,(H,12,14)/b7-6-/t8-/m0/s1. The predicted molar refractivity (Wildman–Crippen MR) is 66.1 cm³/mol. The zero-order chi connectivity index (χ0) is 13.9. The summed E-state index contributed by atoms with van der Waals surface area (Å²) in [5.74, 6) is -0.709. The van der Waals surface area contributed by atoms with Crippen molar-refractivity contribution in [3.05, 3.63) is 11.5 Å². The van der Waals surface area contributed by atoms with Crippen molar-refractivity contribution in [3.63, 3.8) is 0 Å². The van der Waals surface area contributed by atoms with Gasteiger partial charge in [-0.2, -0.15) is 0 Å². The van der Waals surface area contributed by atoms with Gasteiger partial charge < -0.3 is 5.32 Å². The van der Waals surface area contributed by atoms with Crippen molar-refractivity contribution in [2.75, 3.05) is 6.26 Å². The molecule has 0 radical (unpaired) electrons. The molecule has 1 amide bonds. The molecule has 0 saturated carbocycles. The van der Waals surface area contributed by atoms with Gasteiger partial charge in [-0.3, -0.25) is 9.59 Å². The Morgan fingerprint density at radius 2 is 1.71 bits per heavy atom. The summed E-state index contributed by atoms with van der Waals surface area (Å²) < 4.78 is 21.6. The number of carbonyl (C=O) groups excluding carboxylic acids is 2. The van der Waals surface area contributed by atoms with Gasteiger partial charge in [0.25, 0.3) is 0 Å². The maximum Gasteiger partial charge on any atom is 0.225 e. The van der Waals surface area contributed by atoms with Crippen LogP contribution in [0.2, 0.25) is 0 Å². The lowest BCUT2D eigenvalue weighted by Crippen LogP contribution is -2.43. The third-order valence-electron chi connectivity index (χ3n) is 1.94. The van der Waals surface area contributed by atoms with E-state index in [-0.39, 0.29) is 5.91 Å². The van der Waals surface area contributed by atoms with Gasteiger partial charge in [-0.1, -0.05) is 20.8 Å². The molecule has 0 aromatic heterocycles. The summed E-state index contributed by atoms with van der Waals surface area (Å²) in [7, 11) is -3.32. The van der Waals surface area contributed by atoms with Crippen LogP contribution in [0.5, 0.6) is 0 Å². The van der Waals surface area contributed by atoms with Crippen LogP contribution in [0, 0.1) is 5.41 Å². The van der Waals surface area contributed by atoms with Crippen molar-refractivity contribution < 1.29 is 18.0 Å². The fourth-order valence-electron chi connectivity index (χ4n) is 0.819. The predicted octanol–water partition coefficient (Wildman–Crippen LogP) is 0.665. The lowest BCUT2D eigenvalue weighted by atomic mass is 9.95. The number of ketones is 1. The first-order valence-electron chi connectivity index (χ1n) is 5.16. The van der Waals surface area contributed by atoms with Gasteiger partial charge in [-0.05, 0) is 13.0 Å². The van der Waals surface area contributed by atoms with Crippen molar-refractivity contribution in [3.8, 4) is 0 Å². The molecule has 0 aliphatic rings. The molecule has 98 valence electrons. The molecular weight excluding hydrogens is 242 g/mol. The number of hydrogen-bond acceptors (Lipinski definition) is 4. The molecule has 0 aromatic carbocycles. The maximum atomic E-state index is 11.6. The van der Waals surface area contributed by atoms with Crippen LogP contribution in [0.4, 0.5) is 0 Å². The van der Waals surface area contributed by atoms with E-state index in [1.165, 1.54) is 6.92 Å². The average molecular weight is 261 g/mol. The first kappa shape index (κ1) is 15.8. The van der Waals surface area contributed by atoms with Gasteiger partial charge in [-0.25, -0.2) is 8.42 Å².